The van der Waals surface area contributed by atoms with Gasteiger partial charge in [-0.3, -0.25) is 9.78 Å². The van der Waals surface area contributed by atoms with Crippen molar-refractivity contribution in [3.8, 4) is 0 Å². The van der Waals surface area contributed by atoms with Gasteiger partial charge in [0.1, 0.15) is 0 Å². The van der Waals surface area contributed by atoms with Gasteiger partial charge in [0, 0.05) is 0 Å². The molecule has 50 heavy (non-hydrogen) atoms. The van der Waals surface area contributed by atoms with Crippen LogP contribution in [0.15, 0.2) is 42.5 Å². The van der Waals surface area contributed by atoms with Crippen LogP contribution in [0.2, 0.25) is 0 Å². The zero-order valence-electron chi connectivity index (χ0n) is 31.6. The van der Waals surface area contributed by atoms with Crippen LogP contribution in [0.3, 0.4) is 0 Å². The van der Waals surface area contributed by atoms with Gasteiger partial charge >= 0.3 is 23.9 Å². The zero-order chi connectivity index (χ0) is 38.7. The van der Waals surface area contributed by atoms with Crippen molar-refractivity contribution in [1.29, 1.82) is 0 Å². The summed E-state index contributed by atoms with van der Waals surface area (Å²) in [7, 11) is 0. The lowest BCUT2D eigenvalue weighted by Crippen LogP contribution is -2.29. The monoisotopic (exact) mass is 704 g/mol. The van der Waals surface area contributed by atoms with E-state index in [1.165, 1.54) is 44.6 Å². The van der Waals surface area contributed by atoms with Crippen molar-refractivity contribution in [1.82, 2.24) is 0 Å². The Balaban J connectivity index is 0.000000727. The molecule has 0 amide bonds. The number of carboxylic acids is 1. The molecule has 0 aliphatic heterocycles. The van der Waals surface area contributed by atoms with E-state index >= 15 is 0 Å². The Morgan fingerprint density at radius 3 is 1.48 bits per heavy atom. The Hall–Kier alpha value is -3.80. The molecule has 0 aromatic heterocycles. The van der Waals surface area contributed by atoms with Crippen molar-refractivity contribution in [3.05, 3.63) is 70.3 Å². The molecule has 11 heteroatoms. The molecule has 0 heterocycles. The van der Waals surface area contributed by atoms with E-state index in [1.54, 1.807) is 24.3 Å². The molecule has 0 saturated carbocycles. The highest BCUT2D eigenvalue weighted by Gasteiger charge is 2.32. The standard InChI is InChI=1S/C16H32O3.C12H14O5.C11H14O3/c1-5-6-7-8-9-10-11-12-13-14(15(17)19-18)16(2,3)4;1-12(2,3)8-6-4-5-7(11(15)17-16)9(8)10(13)14;1-11(2,3)9-7-5-4-6-8(9)10(12)14-13/h14,18H,5-13H2,1-4H3;4-6,16H,1-3H3,(H,13,14);4-7,13H,1-3H3. The molecule has 11 nitrogen and oxygen atoms in total. The highest BCUT2D eigenvalue weighted by atomic mass is 17.1. The first kappa shape index (κ1) is 46.2. The van der Waals surface area contributed by atoms with Crippen molar-refractivity contribution >= 4 is 23.9 Å². The van der Waals surface area contributed by atoms with Gasteiger partial charge < -0.3 is 9.99 Å². The van der Waals surface area contributed by atoms with E-state index in [2.05, 4.69) is 21.6 Å². The number of aromatic carboxylic acids is 1. The second-order valence-corrected chi connectivity index (χ2v) is 15.4. The molecular formula is C39H60O11. The zero-order valence-corrected chi connectivity index (χ0v) is 31.6. The van der Waals surface area contributed by atoms with E-state index in [0.717, 1.165) is 24.8 Å². The first-order valence-corrected chi connectivity index (χ1v) is 17.2. The molecule has 0 aliphatic carbocycles. The summed E-state index contributed by atoms with van der Waals surface area (Å²) in [6.45, 7) is 19.8. The second kappa shape index (κ2) is 22.1. The minimum absolute atomic E-state index is 0.140. The van der Waals surface area contributed by atoms with E-state index in [0.29, 0.717) is 11.1 Å². The number of unbranched alkanes of at least 4 members (excludes halogenated alkanes) is 7. The number of carbonyl (C=O) groups is 4. The first-order chi connectivity index (χ1) is 23.2. The van der Waals surface area contributed by atoms with Gasteiger partial charge in [0.2, 0.25) is 0 Å². The van der Waals surface area contributed by atoms with Crippen LogP contribution in [0.4, 0.5) is 0 Å². The van der Waals surface area contributed by atoms with Gasteiger partial charge in [-0.25, -0.2) is 19.2 Å². The Labute approximate surface area is 297 Å². The number of hydrogen-bond donors (Lipinski definition) is 4. The maximum absolute atomic E-state index is 11.5. The molecule has 282 valence electrons. The van der Waals surface area contributed by atoms with Crippen LogP contribution in [0.25, 0.3) is 0 Å². The SMILES string of the molecule is CC(C)(C)c1cccc(C(=O)OO)c1C(=O)O.CC(C)(C)c1ccccc1C(=O)OO.CCCCCCCCCCC(C(=O)OO)C(C)(C)C. The van der Waals surface area contributed by atoms with Crippen molar-refractivity contribution in [2.45, 2.75) is 138 Å². The third kappa shape index (κ3) is 16.3. The molecule has 0 radical (unpaired) electrons. The van der Waals surface area contributed by atoms with E-state index in [-0.39, 0.29) is 27.9 Å². The number of carbonyl (C=O) groups excluding carboxylic acids is 3. The van der Waals surface area contributed by atoms with Crippen LogP contribution < -0.4 is 0 Å². The lowest BCUT2D eigenvalue weighted by Gasteiger charge is -2.27. The maximum atomic E-state index is 11.5. The third-order valence-corrected chi connectivity index (χ3v) is 8.19. The maximum Gasteiger partial charge on any atom is 0.373 e. The minimum Gasteiger partial charge on any atom is -0.478 e. The van der Waals surface area contributed by atoms with Gasteiger partial charge in [-0.05, 0) is 45.9 Å². The summed E-state index contributed by atoms with van der Waals surface area (Å²) in [6.07, 6.45) is 10.8. The Morgan fingerprint density at radius 2 is 1.04 bits per heavy atom. The van der Waals surface area contributed by atoms with Crippen LogP contribution >= 0.6 is 0 Å². The molecule has 0 spiro atoms. The molecule has 0 fully saturated rings. The highest BCUT2D eigenvalue weighted by Crippen LogP contribution is 2.32. The predicted octanol–water partition coefficient (Wildman–Crippen LogP) is 10.1. The quantitative estimate of drug-likeness (QED) is 0.0675. The molecule has 2 aromatic rings. The summed E-state index contributed by atoms with van der Waals surface area (Å²) in [6, 6.07) is 11.6. The molecule has 2 rings (SSSR count). The average molecular weight is 705 g/mol. The molecule has 0 saturated heterocycles. The Morgan fingerprint density at radius 1 is 0.600 bits per heavy atom. The minimum atomic E-state index is -1.23. The van der Waals surface area contributed by atoms with E-state index < -0.39 is 29.3 Å². The lowest BCUT2D eigenvalue weighted by atomic mass is 9.78. The molecular weight excluding hydrogens is 644 g/mol. The molecule has 4 N–H and O–H groups in total. The van der Waals surface area contributed by atoms with Gasteiger partial charge in [0.05, 0.1) is 22.6 Å². The summed E-state index contributed by atoms with van der Waals surface area (Å²) in [4.78, 5) is 56.5. The predicted molar refractivity (Wildman–Crippen MR) is 192 cm³/mol. The van der Waals surface area contributed by atoms with E-state index in [9.17, 15) is 19.2 Å². The largest absolute Gasteiger partial charge is 0.478 e. The van der Waals surface area contributed by atoms with Gasteiger partial charge in [-0.1, -0.05) is 151 Å². The van der Waals surface area contributed by atoms with Crippen molar-refractivity contribution in [2.75, 3.05) is 0 Å². The van der Waals surface area contributed by atoms with Crippen molar-refractivity contribution in [3.63, 3.8) is 0 Å². The number of benzene rings is 2. The lowest BCUT2D eigenvalue weighted by molar-refractivity contribution is -0.242. The number of rotatable bonds is 13. The van der Waals surface area contributed by atoms with E-state index in [4.69, 9.17) is 20.9 Å². The first-order valence-electron chi connectivity index (χ1n) is 17.2. The van der Waals surface area contributed by atoms with E-state index in [1.807, 2.05) is 74.4 Å². The summed E-state index contributed by atoms with van der Waals surface area (Å²) in [5, 5.41) is 34.4. The van der Waals surface area contributed by atoms with Gasteiger partial charge in [-0.2, -0.15) is 15.8 Å². The molecule has 0 aliphatic rings. The van der Waals surface area contributed by atoms with Gasteiger partial charge in [-0.15, -0.1) is 0 Å². The Bertz CT molecular complexity index is 1350. The summed E-state index contributed by atoms with van der Waals surface area (Å²) in [5.74, 6) is -3.71. The van der Waals surface area contributed by atoms with Crippen LogP contribution in [-0.2, 0) is 30.3 Å². The molecule has 0 bridgehead atoms. The van der Waals surface area contributed by atoms with Gasteiger partial charge in [0.25, 0.3) is 0 Å². The third-order valence-electron chi connectivity index (χ3n) is 8.19. The van der Waals surface area contributed by atoms with Crippen LogP contribution in [0, 0.1) is 11.3 Å². The van der Waals surface area contributed by atoms with Crippen molar-refractivity contribution < 1.29 is 54.7 Å². The molecule has 1 unspecified atom stereocenters. The fourth-order valence-corrected chi connectivity index (χ4v) is 5.44. The summed E-state index contributed by atoms with van der Waals surface area (Å²) < 4.78 is 0. The van der Waals surface area contributed by atoms with Crippen LogP contribution in [0.5, 0.6) is 0 Å². The molecule has 2 aromatic carbocycles. The van der Waals surface area contributed by atoms with Gasteiger partial charge in [0.15, 0.2) is 0 Å². The van der Waals surface area contributed by atoms with Crippen LogP contribution in [-0.4, -0.2) is 44.8 Å². The average Bonchev–Trinajstić information content (AvgIpc) is 3.05. The Kier molecular flexibility index (Phi) is 20.4. The second-order valence-electron chi connectivity index (χ2n) is 15.4. The number of hydrogen-bond acceptors (Lipinski definition) is 10. The number of carboxylic acid groups (broad SMARTS) is 1. The smallest absolute Gasteiger partial charge is 0.373 e. The topological polar surface area (TPSA) is 177 Å². The van der Waals surface area contributed by atoms with Crippen LogP contribution in [0.1, 0.15) is 169 Å². The molecule has 1 atom stereocenters. The normalized spacial score (nSPS) is 11.9. The van der Waals surface area contributed by atoms with Crippen molar-refractivity contribution in [2.24, 2.45) is 11.3 Å². The summed E-state index contributed by atoms with van der Waals surface area (Å²) >= 11 is 0. The highest BCUT2D eigenvalue weighted by molar-refractivity contribution is 6.03. The fourth-order valence-electron chi connectivity index (χ4n) is 5.44. The summed E-state index contributed by atoms with van der Waals surface area (Å²) in [5.41, 5.74) is 0.742. The fraction of sp³-hybridized carbons (Fsp3) is 0.590.